The number of fused-ring (bicyclic) bond motifs is 3. The average Bonchev–Trinajstić information content (AvgIpc) is 2.85. The maximum atomic E-state index is 9.44. The highest BCUT2D eigenvalue weighted by molar-refractivity contribution is 6.59. The number of nitrogens with zero attached hydrogens (tertiary/aromatic N) is 1. The molecule has 0 atom stereocenters. The molecule has 0 spiro atoms. The molecule has 0 aliphatic heterocycles. The number of unbranched alkanes of at least 4 members (excludes halogenated alkanes) is 3. The lowest BCUT2D eigenvalue weighted by Crippen LogP contribution is -2.29. The Morgan fingerprint density at radius 2 is 1.68 bits per heavy atom. The van der Waals surface area contributed by atoms with E-state index in [1.54, 1.807) is 6.07 Å². The number of para-hydroxylation sites is 1. The predicted octanol–water partition coefficient (Wildman–Crippen LogP) is 3.05. The molecule has 3 nitrogen and oxygen atoms in total. The lowest BCUT2D eigenvalue weighted by atomic mass is 9.80. The van der Waals surface area contributed by atoms with E-state index in [1.807, 2.05) is 12.1 Å². The van der Waals surface area contributed by atoms with Crippen LogP contribution in [0.5, 0.6) is 0 Å². The van der Waals surface area contributed by atoms with Crippen molar-refractivity contribution in [1.82, 2.24) is 4.57 Å². The number of rotatable bonds is 6. The van der Waals surface area contributed by atoms with Crippen molar-refractivity contribution < 1.29 is 10.0 Å². The summed E-state index contributed by atoms with van der Waals surface area (Å²) in [6.45, 7) is 3.18. The fourth-order valence-corrected chi connectivity index (χ4v) is 3.16. The van der Waals surface area contributed by atoms with E-state index >= 15 is 0 Å². The zero-order chi connectivity index (χ0) is 15.5. The van der Waals surface area contributed by atoms with E-state index in [2.05, 4.69) is 35.8 Å². The van der Waals surface area contributed by atoms with Crippen LogP contribution >= 0.6 is 0 Å². The van der Waals surface area contributed by atoms with Crippen molar-refractivity contribution in [1.29, 1.82) is 0 Å². The molecule has 0 fully saturated rings. The molecule has 114 valence electrons. The number of hydrogen-bond acceptors (Lipinski definition) is 2. The summed E-state index contributed by atoms with van der Waals surface area (Å²) in [5.74, 6) is 0. The number of aryl methyl sites for hydroxylation is 1. The van der Waals surface area contributed by atoms with Crippen LogP contribution < -0.4 is 5.46 Å². The molecule has 0 aliphatic carbocycles. The van der Waals surface area contributed by atoms with Gasteiger partial charge in [0.25, 0.3) is 0 Å². The van der Waals surface area contributed by atoms with Gasteiger partial charge in [0.2, 0.25) is 0 Å². The van der Waals surface area contributed by atoms with Crippen LogP contribution in [0.2, 0.25) is 0 Å². The van der Waals surface area contributed by atoms with Gasteiger partial charge in [-0.25, -0.2) is 0 Å². The maximum absolute atomic E-state index is 9.44. The summed E-state index contributed by atoms with van der Waals surface area (Å²) in [6, 6.07) is 14.1. The number of aromatic nitrogens is 1. The van der Waals surface area contributed by atoms with Crippen molar-refractivity contribution in [3.05, 3.63) is 42.5 Å². The fraction of sp³-hybridized carbons (Fsp3) is 0.333. The molecule has 0 radical (unpaired) electrons. The molecule has 3 rings (SSSR count). The zero-order valence-corrected chi connectivity index (χ0v) is 13.0. The normalized spacial score (nSPS) is 11.4. The van der Waals surface area contributed by atoms with E-state index in [9.17, 15) is 10.0 Å². The van der Waals surface area contributed by atoms with Crippen LogP contribution in [-0.2, 0) is 6.54 Å². The summed E-state index contributed by atoms with van der Waals surface area (Å²) in [5.41, 5.74) is 2.85. The van der Waals surface area contributed by atoms with E-state index in [4.69, 9.17) is 0 Å². The van der Waals surface area contributed by atoms with Crippen LogP contribution in [0.3, 0.4) is 0 Å². The monoisotopic (exact) mass is 295 g/mol. The fourth-order valence-electron chi connectivity index (χ4n) is 3.16. The van der Waals surface area contributed by atoms with Gasteiger partial charge in [-0.15, -0.1) is 0 Å². The van der Waals surface area contributed by atoms with E-state index in [-0.39, 0.29) is 0 Å². The van der Waals surface area contributed by atoms with Gasteiger partial charge in [-0.05, 0) is 24.0 Å². The van der Waals surface area contributed by atoms with Gasteiger partial charge in [0.1, 0.15) is 0 Å². The smallest absolute Gasteiger partial charge is 0.423 e. The minimum atomic E-state index is -1.42. The molecular weight excluding hydrogens is 273 g/mol. The van der Waals surface area contributed by atoms with Crippen molar-refractivity contribution in [2.75, 3.05) is 0 Å². The highest BCUT2D eigenvalue weighted by Gasteiger charge is 2.15. The van der Waals surface area contributed by atoms with Gasteiger partial charge in [0, 0.05) is 28.4 Å². The Morgan fingerprint density at radius 1 is 0.909 bits per heavy atom. The van der Waals surface area contributed by atoms with Crippen molar-refractivity contribution in [3.63, 3.8) is 0 Å². The quantitative estimate of drug-likeness (QED) is 0.542. The van der Waals surface area contributed by atoms with E-state index < -0.39 is 7.12 Å². The molecule has 3 aromatic rings. The maximum Gasteiger partial charge on any atom is 0.488 e. The summed E-state index contributed by atoms with van der Waals surface area (Å²) >= 11 is 0. The zero-order valence-electron chi connectivity index (χ0n) is 13.0. The Kier molecular flexibility index (Phi) is 4.51. The molecule has 22 heavy (non-hydrogen) atoms. The van der Waals surface area contributed by atoms with Gasteiger partial charge < -0.3 is 14.6 Å². The topological polar surface area (TPSA) is 45.4 Å². The molecular formula is C18H22BNO2. The van der Waals surface area contributed by atoms with Crippen LogP contribution in [0, 0.1) is 0 Å². The van der Waals surface area contributed by atoms with Crippen LogP contribution in [-0.4, -0.2) is 21.7 Å². The van der Waals surface area contributed by atoms with Crippen molar-refractivity contribution in [3.8, 4) is 0 Å². The highest BCUT2D eigenvalue weighted by atomic mass is 16.4. The molecule has 0 aliphatic rings. The van der Waals surface area contributed by atoms with Gasteiger partial charge in [0.05, 0.1) is 0 Å². The summed E-state index contributed by atoms with van der Waals surface area (Å²) in [5, 5.41) is 21.3. The molecule has 0 unspecified atom stereocenters. The molecule has 1 heterocycles. The van der Waals surface area contributed by atoms with E-state index in [0.29, 0.717) is 5.46 Å². The van der Waals surface area contributed by atoms with Crippen LogP contribution in [0.4, 0.5) is 0 Å². The summed E-state index contributed by atoms with van der Waals surface area (Å²) in [7, 11) is -1.42. The van der Waals surface area contributed by atoms with Gasteiger partial charge in [-0.3, -0.25) is 0 Å². The highest BCUT2D eigenvalue weighted by Crippen LogP contribution is 2.28. The first-order valence-electron chi connectivity index (χ1n) is 8.09. The number of benzene rings is 2. The van der Waals surface area contributed by atoms with Gasteiger partial charge in [0.15, 0.2) is 0 Å². The van der Waals surface area contributed by atoms with Gasteiger partial charge >= 0.3 is 7.12 Å². The molecule has 4 heteroatoms. The largest absolute Gasteiger partial charge is 0.488 e. The number of hydrogen-bond donors (Lipinski definition) is 2. The summed E-state index contributed by atoms with van der Waals surface area (Å²) < 4.78 is 2.31. The van der Waals surface area contributed by atoms with Crippen molar-refractivity contribution in [2.45, 2.75) is 39.2 Å². The van der Waals surface area contributed by atoms with Crippen LogP contribution in [0.25, 0.3) is 21.8 Å². The first-order valence-corrected chi connectivity index (χ1v) is 8.09. The van der Waals surface area contributed by atoms with Gasteiger partial charge in [-0.1, -0.05) is 56.5 Å². The van der Waals surface area contributed by atoms with Crippen LogP contribution in [0.1, 0.15) is 32.6 Å². The standard InChI is InChI=1S/C18H22BNO2/c1-2-3-4-7-12-20-17-9-6-5-8-15(17)16-11-10-14(19(21)22)13-18(16)20/h5-6,8-11,13,21-22H,2-4,7,12H2,1H3. The lowest BCUT2D eigenvalue weighted by Gasteiger charge is -2.08. The second-order valence-electron chi connectivity index (χ2n) is 5.88. The third-order valence-electron chi connectivity index (χ3n) is 4.33. The Balaban J connectivity index is 2.09. The third-order valence-corrected chi connectivity index (χ3v) is 4.33. The first kappa shape index (κ1) is 15.1. The second kappa shape index (κ2) is 6.55. The molecule has 0 saturated heterocycles. The van der Waals surface area contributed by atoms with E-state index in [1.165, 1.54) is 35.6 Å². The second-order valence-corrected chi connectivity index (χ2v) is 5.88. The molecule has 2 N–H and O–H groups in total. The molecule has 0 saturated carbocycles. The minimum Gasteiger partial charge on any atom is -0.423 e. The van der Waals surface area contributed by atoms with Crippen LogP contribution in [0.15, 0.2) is 42.5 Å². The van der Waals surface area contributed by atoms with Crippen molar-refractivity contribution in [2.24, 2.45) is 0 Å². The first-order chi connectivity index (χ1) is 10.7. The molecule has 1 aromatic heterocycles. The SMILES string of the molecule is CCCCCCn1c2ccccc2c2ccc(B(O)O)cc21. The molecule has 2 aromatic carbocycles. The third kappa shape index (κ3) is 2.76. The minimum absolute atomic E-state index is 0.546. The molecule has 0 amide bonds. The van der Waals surface area contributed by atoms with E-state index in [0.717, 1.165) is 18.5 Å². The Labute approximate surface area is 131 Å². The predicted molar refractivity (Wildman–Crippen MR) is 93.4 cm³/mol. The lowest BCUT2D eigenvalue weighted by molar-refractivity contribution is 0.426. The Morgan fingerprint density at radius 3 is 2.45 bits per heavy atom. The Hall–Kier alpha value is -1.78. The summed E-state index contributed by atoms with van der Waals surface area (Å²) in [4.78, 5) is 0. The van der Waals surface area contributed by atoms with Gasteiger partial charge in [-0.2, -0.15) is 0 Å². The summed E-state index contributed by atoms with van der Waals surface area (Å²) in [6.07, 6.45) is 4.87. The average molecular weight is 295 g/mol. The molecule has 0 bridgehead atoms. The van der Waals surface area contributed by atoms with Crippen molar-refractivity contribution >= 4 is 34.4 Å². The Bertz CT molecular complexity index is 779.